The predicted molar refractivity (Wildman–Crippen MR) is 72.6 cm³/mol. The number of nitrogens with zero attached hydrogens (tertiary/aromatic N) is 2. The smallest absolute Gasteiger partial charge is 0.139 e. The van der Waals surface area contributed by atoms with E-state index in [1.807, 2.05) is 0 Å². The molecule has 1 aromatic carbocycles. The molecule has 18 heavy (non-hydrogen) atoms. The maximum absolute atomic E-state index is 5.81. The molecule has 3 rings (SSSR count). The molecule has 3 heteroatoms. The van der Waals surface area contributed by atoms with Crippen molar-refractivity contribution in [3.63, 3.8) is 0 Å². The third kappa shape index (κ3) is 2.03. The number of para-hydroxylation sites is 2. The van der Waals surface area contributed by atoms with Crippen molar-refractivity contribution in [2.75, 3.05) is 6.61 Å². The largest absolute Gasteiger partial charge is 0.370 e. The number of hydrogen-bond donors (Lipinski definition) is 0. The average Bonchev–Trinajstić information content (AvgIpc) is 3.03. The van der Waals surface area contributed by atoms with Gasteiger partial charge in [-0.1, -0.05) is 25.5 Å². The Morgan fingerprint density at radius 3 is 3.06 bits per heavy atom. The van der Waals surface area contributed by atoms with E-state index in [4.69, 9.17) is 9.72 Å². The lowest BCUT2D eigenvalue weighted by Crippen LogP contribution is -2.08. The van der Waals surface area contributed by atoms with Gasteiger partial charge in [0.05, 0.1) is 11.0 Å². The summed E-state index contributed by atoms with van der Waals surface area (Å²) >= 11 is 0. The minimum Gasteiger partial charge on any atom is -0.370 e. The number of hydrogen-bond acceptors (Lipinski definition) is 2. The van der Waals surface area contributed by atoms with Crippen LogP contribution in [0.2, 0.25) is 0 Å². The van der Waals surface area contributed by atoms with Crippen molar-refractivity contribution < 1.29 is 4.74 Å². The molecule has 0 spiro atoms. The molecule has 1 aromatic heterocycles. The van der Waals surface area contributed by atoms with Crippen molar-refractivity contribution in [2.45, 2.75) is 45.3 Å². The van der Waals surface area contributed by atoms with Crippen LogP contribution in [0.4, 0.5) is 0 Å². The van der Waals surface area contributed by atoms with Gasteiger partial charge in [-0.05, 0) is 31.4 Å². The number of benzene rings is 1. The Kier molecular flexibility index (Phi) is 3.33. The number of rotatable bonds is 4. The molecule has 0 radical (unpaired) electrons. The van der Waals surface area contributed by atoms with Crippen LogP contribution >= 0.6 is 0 Å². The number of aryl methyl sites for hydroxylation is 1. The first-order chi connectivity index (χ1) is 8.90. The molecule has 1 saturated heterocycles. The molecule has 1 aliphatic rings. The number of aromatic nitrogens is 2. The molecule has 0 saturated carbocycles. The third-order valence-corrected chi connectivity index (χ3v) is 3.64. The Morgan fingerprint density at radius 2 is 2.28 bits per heavy atom. The van der Waals surface area contributed by atoms with Crippen molar-refractivity contribution in [2.24, 2.45) is 0 Å². The molecule has 1 aliphatic heterocycles. The minimum absolute atomic E-state index is 0.203. The quantitative estimate of drug-likeness (QED) is 0.820. The first-order valence-electron chi connectivity index (χ1n) is 6.97. The van der Waals surface area contributed by atoms with Crippen LogP contribution in [0.3, 0.4) is 0 Å². The van der Waals surface area contributed by atoms with E-state index in [0.717, 1.165) is 37.3 Å². The Morgan fingerprint density at radius 1 is 1.39 bits per heavy atom. The van der Waals surface area contributed by atoms with Crippen LogP contribution in [0, 0.1) is 0 Å². The summed E-state index contributed by atoms with van der Waals surface area (Å²) in [4.78, 5) is 4.79. The molecule has 0 unspecified atom stereocenters. The first kappa shape index (κ1) is 11.7. The fraction of sp³-hybridized carbons (Fsp3) is 0.533. The SMILES string of the molecule is CCCCn1c([C@H]2CCCO2)nc2ccccc21. The summed E-state index contributed by atoms with van der Waals surface area (Å²) in [5, 5.41) is 0. The van der Waals surface area contributed by atoms with E-state index in [1.54, 1.807) is 0 Å². The van der Waals surface area contributed by atoms with Crippen molar-refractivity contribution in [1.29, 1.82) is 0 Å². The summed E-state index contributed by atoms with van der Waals surface area (Å²) in [7, 11) is 0. The molecular formula is C15H20N2O. The molecule has 1 fully saturated rings. The fourth-order valence-electron chi connectivity index (χ4n) is 2.67. The van der Waals surface area contributed by atoms with E-state index >= 15 is 0 Å². The maximum Gasteiger partial charge on any atom is 0.139 e. The van der Waals surface area contributed by atoms with Crippen LogP contribution in [0.5, 0.6) is 0 Å². The van der Waals surface area contributed by atoms with Crippen molar-refractivity contribution in [3.8, 4) is 0 Å². The van der Waals surface area contributed by atoms with Gasteiger partial charge in [0.15, 0.2) is 0 Å². The minimum atomic E-state index is 0.203. The second-order valence-electron chi connectivity index (χ2n) is 4.97. The van der Waals surface area contributed by atoms with E-state index < -0.39 is 0 Å². The van der Waals surface area contributed by atoms with Gasteiger partial charge in [0.1, 0.15) is 11.9 Å². The standard InChI is InChI=1S/C15H20N2O/c1-2-3-10-17-13-8-5-4-7-12(13)16-15(17)14-9-6-11-18-14/h4-5,7-8,14H,2-3,6,9-11H2,1H3/t14-/m1/s1. The highest BCUT2D eigenvalue weighted by Crippen LogP contribution is 2.30. The van der Waals surface area contributed by atoms with Gasteiger partial charge in [0.25, 0.3) is 0 Å². The monoisotopic (exact) mass is 244 g/mol. The highest BCUT2D eigenvalue weighted by Gasteiger charge is 2.24. The lowest BCUT2D eigenvalue weighted by atomic mass is 10.2. The zero-order chi connectivity index (χ0) is 12.4. The van der Waals surface area contributed by atoms with Gasteiger partial charge in [-0.15, -0.1) is 0 Å². The molecule has 1 atom stereocenters. The lowest BCUT2D eigenvalue weighted by molar-refractivity contribution is 0.102. The molecule has 0 bridgehead atoms. The molecule has 0 amide bonds. The van der Waals surface area contributed by atoms with E-state index in [0.29, 0.717) is 0 Å². The Balaban J connectivity index is 2.04. The molecule has 0 aliphatic carbocycles. The lowest BCUT2D eigenvalue weighted by Gasteiger charge is -2.13. The highest BCUT2D eigenvalue weighted by atomic mass is 16.5. The zero-order valence-corrected chi connectivity index (χ0v) is 10.9. The number of ether oxygens (including phenoxy) is 1. The second kappa shape index (κ2) is 5.11. The number of fused-ring (bicyclic) bond motifs is 1. The molecule has 3 nitrogen and oxygen atoms in total. The van der Waals surface area contributed by atoms with E-state index in [1.165, 1.54) is 18.4 Å². The van der Waals surface area contributed by atoms with E-state index in [2.05, 4.69) is 35.8 Å². The predicted octanol–water partition coefficient (Wildman–Crippen LogP) is 3.69. The Hall–Kier alpha value is -1.35. The van der Waals surface area contributed by atoms with Crippen LogP contribution in [0.15, 0.2) is 24.3 Å². The number of imidazole rings is 1. The molecule has 2 heterocycles. The number of unbranched alkanes of at least 4 members (excludes halogenated alkanes) is 1. The van der Waals surface area contributed by atoms with Crippen LogP contribution in [0.1, 0.15) is 44.5 Å². The summed E-state index contributed by atoms with van der Waals surface area (Å²) in [6.07, 6.45) is 4.86. The second-order valence-corrected chi connectivity index (χ2v) is 4.97. The fourth-order valence-corrected chi connectivity index (χ4v) is 2.67. The van der Waals surface area contributed by atoms with Gasteiger partial charge in [-0.25, -0.2) is 4.98 Å². The normalized spacial score (nSPS) is 19.7. The summed E-state index contributed by atoms with van der Waals surface area (Å²) in [6, 6.07) is 8.40. The highest BCUT2D eigenvalue weighted by molar-refractivity contribution is 5.76. The van der Waals surface area contributed by atoms with Crippen molar-refractivity contribution >= 4 is 11.0 Å². The summed E-state index contributed by atoms with van der Waals surface area (Å²) in [6.45, 7) is 4.15. The van der Waals surface area contributed by atoms with E-state index in [-0.39, 0.29) is 6.10 Å². The van der Waals surface area contributed by atoms with Gasteiger partial charge in [0.2, 0.25) is 0 Å². The van der Waals surface area contributed by atoms with Crippen LogP contribution < -0.4 is 0 Å². The zero-order valence-electron chi connectivity index (χ0n) is 10.9. The first-order valence-corrected chi connectivity index (χ1v) is 6.97. The van der Waals surface area contributed by atoms with Gasteiger partial charge in [-0.3, -0.25) is 0 Å². The van der Waals surface area contributed by atoms with Crippen LogP contribution in [-0.2, 0) is 11.3 Å². The Labute approximate surface area is 108 Å². The van der Waals surface area contributed by atoms with Gasteiger partial charge in [-0.2, -0.15) is 0 Å². The van der Waals surface area contributed by atoms with Crippen LogP contribution in [-0.4, -0.2) is 16.2 Å². The maximum atomic E-state index is 5.81. The van der Waals surface area contributed by atoms with Gasteiger partial charge in [0, 0.05) is 13.2 Å². The molecule has 2 aromatic rings. The summed E-state index contributed by atoms with van der Waals surface area (Å²) in [5.74, 6) is 1.13. The molecule has 96 valence electrons. The van der Waals surface area contributed by atoms with Crippen molar-refractivity contribution in [3.05, 3.63) is 30.1 Å². The van der Waals surface area contributed by atoms with Gasteiger partial charge < -0.3 is 9.30 Å². The molecular weight excluding hydrogens is 224 g/mol. The molecule has 0 N–H and O–H groups in total. The summed E-state index contributed by atoms with van der Waals surface area (Å²) < 4.78 is 8.16. The Bertz CT molecular complexity index is 526. The average molecular weight is 244 g/mol. The van der Waals surface area contributed by atoms with Gasteiger partial charge >= 0.3 is 0 Å². The third-order valence-electron chi connectivity index (χ3n) is 3.64. The summed E-state index contributed by atoms with van der Waals surface area (Å²) in [5.41, 5.74) is 2.34. The van der Waals surface area contributed by atoms with Crippen LogP contribution in [0.25, 0.3) is 11.0 Å². The topological polar surface area (TPSA) is 27.1 Å². The van der Waals surface area contributed by atoms with Crippen molar-refractivity contribution in [1.82, 2.24) is 9.55 Å². The van der Waals surface area contributed by atoms with E-state index in [9.17, 15) is 0 Å².